The van der Waals surface area contributed by atoms with Crippen molar-refractivity contribution in [2.45, 2.75) is 17.9 Å². The lowest BCUT2D eigenvalue weighted by Gasteiger charge is -2.10. The lowest BCUT2D eigenvalue weighted by molar-refractivity contribution is 0.512. The van der Waals surface area contributed by atoms with Crippen molar-refractivity contribution in [1.29, 1.82) is 0 Å². The van der Waals surface area contributed by atoms with Crippen molar-refractivity contribution in [3.8, 4) is 0 Å². The zero-order chi connectivity index (χ0) is 12.3. The Morgan fingerprint density at radius 1 is 1.38 bits per heavy atom. The number of benzene rings is 1. The van der Waals surface area contributed by atoms with Gasteiger partial charge in [0.15, 0.2) is 4.90 Å². The Morgan fingerprint density at radius 2 is 1.88 bits per heavy atom. The van der Waals surface area contributed by atoms with E-state index in [2.05, 4.69) is 0 Å². The molecule has 1 aromatic rings. The Hall–Kier alpha value is -1.05. The predicted molar refractivity (Wildman–Crippen MR) is 55.2 cm³/mol. The van der Waals surface area contributed by atoms with Crippen LogP contribution in [0.15, 0.2) is 23.1 Å². The minimum Gasteiger partial charge on any atom is -0.327 e. The molecule has 90 valence electrons. The van der Waals surface area contributed by atoms with Crippen LogP contribution in [0.4, 0.5) is 8.78 Å². The van der Waals surface area contributed by atoms with E-state index in [-0.39, 0.29) is 6.54 Å². The highest BCUT2D eigenvalue weighted by atomic mass is 32.2. The normalized spacial score (nSPS) is 13.8. The molecule has 0 spiro atoms. The van der Waals surface area contributed by atoms with Crippen molar-refractivity contribution in [1.82, 2.24) is 4.72 Å². The van der Waals surface area contributed by atoms with Crippen molar-refractivity contribution in [2.75, 3.05) is 6.54 Å². The van der Waals surface area contributed by atoms with E-state index >= 15 is 0 Å². The Labute approximate surface area is 92.5 Å². The first-order valence-corrected chi connectivity index (χ1v) is 6.02. The predicted octanol–water partition coefficient (Wildman–Crippen LogP) is 0.590. The lowest BCUT2D eigenvalue weighted by atomic mass is 10.3. The zero-order valence-electron chi connectivity index (χ0n) is 8.57. The molecule has 1 aromatic carbocycles. The third-order valence-electron chi connectivity index (χ3n) is 1.78. The second-order valence-corrected chi connectivity index (χ2v) is 5.08. The quantitative estimate of drug-likeness (QED) is 0.821. The molecule has 0 fully saturated rings. The van der Waals surface area contributed by atoms with Crippen LogP contribution in [0.3, 0.4) is 0 Å². The van der Waals surface area contributed by atoms with E-state index in [1.54, 1.807) is 6.92 Å². The molecule has 0 aliphatic carbocycles. The number of sulfonamides is 1. The molecule has 7 heteroatoms. The first kappa shape index (κ1) is 13.0. The molecule has 0 amide bonds. The molecule has 0 aromatic heterocycles. The summed E-state index contributed by atoms with van der Waals surface area (Å²) in [7, 11) is -4.20. The summed E-state index contributed by atoms with van der Waals surface area (Å²) >= 11 is 0. The van der Waals surface area contributed by atoms with Gasteiger partial charge in [0.05, 0.1) is 0 Å². The highest BCUT2D eigenvalue weighted by molar-refractivity contribution is 7.89. The van der Waals surface area contributed by atoms with Gasteiger partial charge in [0, 0.05) is 12.6 Å². The lowest BCUT2D eigenvalue weighted by Crippen LogP contribution is -2.35. The zero-order valence-corrected chi connectivity index (χ0v) is 9.39. The second-order valence-electron chi connectivity index (χ2n) is 3.38. The summed E-state index contributed by atoms with van der Waals surface area (Å²) in [5.74, 6) is -2.26. The number of nitrogens with two attached hydrogens (primary N) is 1. The van der Waals surface area contributed by atoms with Crippen molar-refractivity contribution in [3.05, 3.63) is 29.8 Å². The van der Waals surface area contributed by atoms with Crippen molar-refractivity contribution in [2.24, 2.45) is 5.73 Å². The van der Waals surface area contributed by atoms with E-state index in [1.807, 2.05) is 4.72 Å². The maximum Gasteiger partial charge on any atom is 0.246 e. The average molecular weight is 250 g/mol. The first-order valence-electron chi connectivity index (χ1n) is 4.54. The summed E-state index contributed by atoms with van der Waals surface area (Å²) < 4.78 is 51.4. The summed E-state index contributed by atoms with van der Waals surface area (Å²) in [6.45, 7) is 1.48. The molecule has 0 saturated heterocycles. The molecule has 1 rings (SSSR count). The van der Waals surface area contributed by atoms with Gasteiger partial charge in [-0.05, 0) is 19.1 Å². The minimum absolute atomic E-state index is 0.0872. The van der Waals surface area contributed by atoms with E-state index < -0.39 is 32.6 Å². The molecule has 3 N–H and O–H groups in total. The van der Waals surface area contributed by atoms with Gasteiger partial charge in [-0.25, -0.2) is 21.9 Å². The number of halogens is 2. The van der Waals surface area contributed by atoms with Crippen molar-refractivity contribution < 1.29 is 17.2 Å². The average Bonchev–Trinajstić information content (AvgIpc) is 2.14. The first-order chi connectivity index (χ1) is 7.34. The smallest absolute Gasteiger partial charge is 0.246 e. The van der Waals surface area contributed by atoms with Gasteiger partial charge in [-0.3, -0.25) is 0 Å². The van der Waals surface area contributed by atoms with Gasteiger partial charge in [-0.2, -0.15) is 0 Å². The van der Waals surface area contributed by atoms with Crippen LogP contribution in [0, 0.1) is 11.6 Å². The fourth-order valence-corrected chi connectivity index (χ4v) is 2.33. The molecule has 4 nitrogen and oxygen atoms in total. The standard InChI is InChI=1S/C9H12F2N2O2S/c1-6(12)5-13-16(14,15)9-7(10)3-2-4-8(9)11/h2-4,6,13H,5,12H2,1H3. The number of hydrogen-bond donors (Lipinski definition) is 2. The molecule has 0 aliphatic rings. The summed E-state index contributed by atoms with van der Waals surface area (Å²) in [6, 6.07) is 2.41. The van der Waals surface area contributed by atoms with Gasteiger partial charge in [-0.15, -0.1) is 0 Å². The summed E-state index contributed by atoms with van der Waals surface area (Å²) in [5.41, 5.74) is 5.34. The van der Waals surface area contributed by atoms with Crippen molar-refractivity contribution >= 4 is 10.0 Å². The van der Waals surface area contributed by atoms with Crippen LogP contribution in [-0.2, 0) is 10.0 Å². The molecular formula is C9H12F2N2O2S. The maximum atomic E-state index is 13.2. The molecule has 0 radical (unpaired) electrons. The monoisotopic (exact) mass is 250 g/mol. The molecule has 0 heterocycles. The summed E-state index contributed by atoms with van der Waals surface area (Å²) in [6.07, 6.45) is 0. The molecule has 1 unspecified atom stereocenters. The van der Waals surface area contributed by atoms with E-state index in [9.17, 15) is 17.2 Å². The molecule has 0 saturated carbocycles. The second kappa shape index (κ2) is 4.86. The van der Waals surface area contributed by atoms with Crippen LogP contribution in [0.25, 0.3) is 0 Å². The topological polar surface area (TPSA) is 72.2 Å². The van der Waals surface area contributed by atoms with E-state index in [0.29, 0.717) is 0 Å². The van der Waals surface area contributed by atoms with Gasteiger partial charge >= 0.3 is 0 Å². The van der Waals surface area contributed by atoms with Gasteiger partial charge in [0.1, 0.15) is 11.6 Å². The third-order valence-corrected chi connectivity index (χ3v) is 3.26. The fourth-order valence-electron chi connectivity index (χ4n) is 1.05. The van der Waals surface area contributed by atoms with E-state index in [4.69, 9.17) is 5.73 Å². The Kier molecular flexibility index (Phi) is 3.95. The Bertz CT molecular complexity index is 454. The van der Waals surface area contributed by atoms with Crippen LogP contribution in [0.5, 0.6) is 0 Å². The molecule has 1 atom stereocenters. The van der Waals surface area contributed by atoms with Crippen LogP contribution >= 0.6 is 0 Å². The van der Waals surface area contributed by atoms with E-state index in [1.165, 1.54) is 0 Å². The molecule has 0 bridgehead atoms. The number of hydrogen-bond acceptors (Lipinski definition) is 3. The van der Waals surface area contributed by atoms with Crippen LogP contribution < -0.4 is 10.5 Å². The van der Waals surface area contributed by atoms with Crippen LogP contribution in [0.2, 0.25) is 0 Å². The largest absolute Gasteiger partial charge is 0.327 e. The van der Waals surface area contributed by atoms with Gasteiger partial charge < -0.3 is 5.73 Å². The molecule has 16 heavy (non-hydrogen) atoms. The minimum atomic E-state index is -4.20. The highest BCUT2D eigenvalue weighted by Crippen LogP contribution is 2.17. The summed E-state index contributed by atoms with van der Waals surface area (Å²) in [4.78, 5) is -0.976. The Morgan fingerprint density at radius 3 is 2.31 bits per heavy atom. The van der Waals surface area contributed by atoms with Crippen LogP contribution in [-0.4, -0.2) is 21.0 Å². The molecule has 0 aliphatic heterocycles. The van der Waals surface area contributed by atoms with Gasteiger partial charge in [0.2, 0.25) is 10.0 Å². The maximum absolute atomic E-state index is 13.2. The number of rotatable bonds is 4. The fraction of sp³-hybridized carbons (Fsp3) is 0.333. The van der Waals surface area contributed by atoms with Crippen LogP contribution in [0.1, 0.15) is 6.92 Å². The number of nitrogens with one attached hydrogen (secondary N) is 1. The van der Waals surface area contributed by atoms with Gasteiger partial charge in [0.25, 0.3) is 0 Å². The highest BCUT2D eigenvalue weighted by Gasteiger charge is 2.23. The van der Waals surface area contributed by atoms with Crippen molar-refractivity contribution in [3.63, 3.8) is 0 Å². The SMILES string of the molecule is CC(N)CNS(=O)(=O)c1c(F)cccc1F. The van der Waals surface area contributed by atoms with Gasteiger partial charge in [-0.1, -0.05) is 6.07 Å². The third kappa shape index (κ3) is 2.97. The molecular weight excluding hydrogens is 238 g/mol. The van der Waals surface area contributed by atoms with E-state index in [0.717, 1.165) is 18.2 Å². The Balaban J connectivity index is 3.08. The summed E-state index contributed by atoms with van der Waals surface area (Å²) in [5, 5.41) is 0.